The normalized spacial score (nSPS) is 18.2. The van der Waals surface area contributed by atoms with Gasteiger partial charge in [-0.2, -0.15) is 0 Å². The van der Waals surface area contributed by atoms with Gasteiger partial charge in [0, 0.05) is 23.4 Å². The summed E-state index contributed by atoms with van der Waals surface area (Å²) in [4.78, 5) is 34.1. The number of rotatable bonds is 4. The third kappa shape index (κ3) is 4.43. The Hall–Kier alpha value is -3.03. The third-order valence-corrected chi connectivity index (χ3v) is 7.01. The zero-order chi connectivity index (χ0) is 22.8. The fourth-order valence-corrected chi connectivity index (χ4v) is 5.25. The van der Waals surface area contributed by atoms with E-state index < -0.39 is 12.1 Å². The summed E-state index contributed by atoms with van der Waals surface area (Å²) in [5, 5.41) is 2.82. The number of hydrogen-bond acceptors (Lipinski definition) is 6. The molecule has 1 aliphatic carbocycles. The molecule has 33 heavy (non-hydrogen) atoms. The lowest BCUT2D eigenvalue weighted by Gasteiger charge is -2.29. The summed E-state index contributed by atoms with van der Waals surface area (Å²) >= 11 is 1.68. The second-order valence-corrected chi connectivity index (χ2v) is 9.33. The average molecular weight is 463 g/mol. The SMILES string of the molecule is CC(OC(=O)c1c2c(nc3ccccc13)/C(=C\c1cccs1)CCC2)C(=O)N1CCOCC1. The van der Waals surface area contributed by atoms with Gasteiger partial charge >= 0.3 is 5.97 Å². The van der Waals surface area contributed by atoms with E-state index in [2.05, 4.69) is 17.5 Å². The molecule has 1 atom stereocenters. The van der Waals surface area contributed by atoms with Gasteiger partial charge in [-0.05, 0) is 60.9 Å². The van der Waals surface area contributed by atoms with Gasteiger partial charge in [-0.15, -0.1) is 11.3 Å². The Morgan fingerprint density at radius 1 is 1.15 bits per heavy atom. The number of benzene rings is 1. The highest BCUT2D eigenvalue weighted by Gasteiger charge is 2.30. The van der Waals surface area contributed by atoms with E-state index in [1.54, 1.807) is 23.2 Å². The van der Waals surface area contributed by atoms with Gasteiger partial charge in [-0.3, -0.25) is 4.79 Å². The molecule has 2 aliphatic rings. The summed E-state index contributed by atoms with van der Waals surface area (Å²) in [7, 11) is 0. The molecule has 0 radical (unpaired) electrons. The highest BCUT2D eigenvalue weighted by molar-refractivity contribution is 7.10. The van der Waals surface area contributed by atoms with Crippen LogP contribution in [0.4, 0.5) is 0 Å². The fourth-order valence-electron chi connectivity index (χ4n) is 4.56. The molecular weight excluding hydrogens is 436 g/mol. The molecule has 0 spiro atoms. The lowest BCUT2D eigenvalue weighted by Crippen LogP contribution is -2.46. The maximum Gasteiger partial charge on any atom is 0.339 e. The molecule has 1 amide bonds. The minimum absolute atomic E-state index is 0.183. The molecule has 1 unspecified atom stereocenters. The summed E-state index contributed by atoms with van der Waals surface area (Å²) in [6.45, 7) is 3.70. The highest BCUT2D eigenvalue weighted by Crippen LogP contribution is 2.37. The molecule has 6 nitrogen and oxygen atoms in total. The van der Waals surface area contributed by atoms with Crippen LogP contribution in [0.5, 0.6) is 0 Å². The van der Waals surface area contributed by atoms with Crippen LogP contribution >= 0.6 is 11.3 Å². The Kier molecular flexibility index (Phi) is 6.24. The Balaban J connectivity index is 1.52. The van der Waals surface area contributed by atoms with E-state index >= 15 is 0 Å². The summed E-state index contributed by atoms with van der Waals surface area (Å²) < 4.78 is 11.1. The average Bonchev–Trinajstić information content (AvgIpc) is 3.36. The molecule has 2 aromatic heterocycles. The minimum atomic E-state index is -0.858. The molecule has 7 heteroatoms. The van der Waals surface area contributed by atoms with Crippen LogP contribution < -0.4 is 0 Å². The van der Waals surface area contributed by atoms with Gasteiger partial charge in [0.15, 0.2) is 6.10 Å². The highest BCUT2D eigenvalue weighted by atomic mass is 32.1. The van der Waals surface area contributed by atoms with E-state index in [0.29, 0.717) is 31.9 Å². The largest absolute Gasteiger partial charge is 0.449 e. The van der Waals surface area contributed by atoms with Crippen molar-refractivity contribution in [2.24, 2.45) is 0 Å². The van der Waals surface area contributed by atoms with Gasteiger partial charge in [0.25, 0.3) is 5.91 Å². The number of nitrogens with zero attached hydrogens (tertiary/aromatic N) is 2. The number of hydrogen-bond donors (Lipinski definition) is 0. The predicted octanol–water partition coefficient (Wildman–Crippen LogP) is 4.58. The lowest BCUT2D eigenvalue weighted by molar-refractivity contribution is -0.143. The standard InChI is InChI=1S/C26H26N2O4S/c1-17(25(29)28-11-13-31-14-12-28)32-26(30)23-20-8-2-3-10-22(20)27-24-18(6-4-9-21(23)24)16-19-7-5-15-33-19/h2-3,5,7-8,10,15-17H,4,6,9,11-14H2,1H3/b18-16-. The second-order valence-electron chi connectivity index (χ2n) is 8.35. The van der Waals surface area contributed by atoms with E-state index in [9.17, 15) is 9.59 Å². The number of allylic oxidation sites excluding steroid dienone is 1. The number of morpholine rings is 1. The van der Waals surface area contributed by atoms with Crippen LogP contribution in [0.3, 0.4) is 0 Å². The van der Waals surface area contributed by atoms with Crippen molar-refractivity contribution in [2.45, 2.75) is 32.3 Å². The molecule has 1 saturated heterocycles. The van der Waals surface area contributed by atoms with Gasteiger partial charge in [0.1, 0.15) is 0 Å². The van der Waals surface area contributed by atoms with Crippen LogP contribution in [0.15, 0.2) is 41.8 Å². The third-order valence-electron chi connectivity index (χ3n) is 6.19. The van der Waals surface area contributed by atoms with E-state index in [1.807, 2.05) is 30.3 Å². The first-order chi connectivity index (χ1) is 16.1. The van der Waals surface area contributed by atoms with Crippen LogP contribution in [0, 0.1) is 0 Å². The van der Waals surface area contributed by atoms with Crippen molar-refractivity contribution in [1.29, 1.82) is 0 Å². The molecule has 1 aliphatic heterocycles. The molecule has 0 N–H and O–H groups in total. The maximum absolute atomic E-state index is 13.5. The molecule has 0 saturated carbocycles. The maximum atomic E-state index is 13.5. The predicted molar refractivity (Wildman–Crippen MR) is 129 cm³/mol. The van der Waals surface area contributed by atoms with Gasteiger partial charge in [0.2, 0.25) is 0 Å². The van der Waals surface area contributed by atoms with E-state index in [4.69, 9.17) is 14.5 Å². The molecule has 1 fully saturated rings. The van der Waals surface area contributed by atoms with Crippen LogP contribution in [-0.2, 0) is 20.7 Å². The van der Waals surface area contributed by atoms with Crippen LogP contribution in [0.1, 0.15) is 46.3 Å². The molecular formula is C26H26N2O4S. The van der Waals surface area contributed by atoms with Crippen molar-refractivity contribution in [3.8, 4) is 0 Å². The van der Waals surface area contributed by atoms with Gasteiger partial charge < -0.3 is 14.4 Å². The van der Waals surface area contributed by atoms with E-state index in [0.717, 1.165) is 47.0 Å². The Bertz CT molecular complexity index is 1210. The summed E-state index contributed by atoms with van der Waals surface area (Å²) in [5.41, 5.74) is 4.21. The first-order valence-corrected chi connectivity index (χ1v) is 12.2. The van der Waals surface area contributed by atoms with Gasteiger partial charge in [-0.1, -0.05) is 24.3 Å². The molecule has 5 rings (SSSR count). The second kappa shape index (κ2) is 9.45. The van der Waals surface area contributed by atoms with Crippen LogP contribution in [0.2, 0.25) is 0 Å². The van der Waals surface area contributed by atoms with Crippen molar-refractivity contribution < 1.29 is 19.1 Å². The number of carbonyl (C=O) groups is 2. The zero-order valence-corrected chi connectivity index (χ0v) is 19.4. The molecule has 3 heterocycles. The smallest absolute Gasteiger partial charge is 0.339 e. The summed E-state index contributed by atoms with van der Waals surface area (Å²) in [6, 6.07) is 11.8. The zero-order valence-electron chi connectivity index (χ0n) is 18.6. The van der Waals surface area contributed by atoms with Crippen molar-refractivity contribution in [3.05, 3.63) is 63.5 Å². The number of ether oxygens (including phenoxy) is 2. The lowest BCUT2D eigenvalue weighted by atomic mass is 9.86. The van der Waals surface area contributed by atoms with Crippen molar-refractivity contribution in [1.82, 2.24) is 9.88 Å². The van der Waals surface area contributed by atoms with Gasteiger partial charge in [0.05, 0.1) is 30.0 Å². The monoisotopic (exact) mass is 462 g/mol. The number of fused-ring (bicyclic) bond motifs is 2. The summed E-state index contributed by atoms with van der Waals surface area (Å²) in [5.74, 6) is -0.645. The topological polar surface area (TPSA) is 68.7 Å². The molecule has 1 aromatic carbocycles. The van der Waals surface area contributed by atoms with Crippen LogP contribution in [0.25, 0.3) is 22.6 Å². The number of thiophene rings is 1. The number of pyridine rings is 1. The Morgan fingerprint density at radius 3 is 2.76 bits per heavy atom. The minimum Gasteiger partial charge on any atom is -0.449 e. The number of carbonyl (C=O) groups excluding carboxylic acids is 2. The summed E-state index contributed by atoms with van der Waals surface area (Å²) in [6.07, 6.45) is 3.92. The quantitative estimate of drug-likeness (QED) is 0.531. The first kappa shape index (κ1) is 21.8. The Labute approximate surface area is 196 Å². The van der Waals surface area contributed by atoms with Crippen molar-refractivity contribution in [2.75, 3.05) is 26.3 Å². The van der Waals surface area contributed by atoms with Crippen molar-refractivity contribution >= 4 is 45.8 Å². The number of amides is 1. The first-order valence-electron chi connectivity index (χ1n) is 11.4. The number of esters is 1. The van der Waals surface area contributed by atoms with Crippen LogP contribution in [-0.4, -0.2) is 54.2 Å². The number of aromatic nitrogens is 1. The fraction of sp³-hybridized carbons (Fsp3) is 0.346. The molecule has 3 aromatic rings. The molecule has 170 valence electrons. The molecule has 0 bridgehead atoms. The number of para-hydroxylation sites is 1. The van der Waals surface area contributed by atoms with E-state index in [-0.39, 0.29) is 5.91 Å². The Morgan fingerprint density at radius 2 is 1.97 bits per heavy atom. The van der Waals surface area contributed by atoms with Crippen molar-refractivity contribution in [3.63, 3.8) is 0 Å². The van der Waals surface area contributed by atoms with E-state index in [1.165, 1.54) is 4.88 Å². The van der Waals surface area contributed by atoms with Gasteiger partial charge in [-0.25, -0.2) is 9.78 Å².